The summed E-state index contributed by atoms with van der Waals surface area (Å²) < 4.78 is 23.0. The zero-order valence-corrected chi connectivity index (χ0v) is 24.0. The van der Waals surface area contributed by atoms with Gasteiger partial charge in [-0.05, 0) is 62.9 Å². The summed E-state index contributed by atoms with van der Waals surface area (Å²) in [6.07, 6.45) is 4.40. The van der Waals surface area contributed by atoms with Gasteiger partial charge in [0.05, 0.1) is 23.3 Å². The number of hydrogen-bond acceptors (Lipinski definition) is 7. The molecule has 0 spiro atoms. The average Bonchev–Trinajstić information content (AvgIpc) is 3.64. The highest BCUT2D eigenvalue weighted by molar-refractivity contribution is 6.35. The third-order valence-corrected chi connectivity index (χ3v) is 9.07. The van der Waals surface area contributed by atoms with Crippen LogP contribution in [0.2, 0.25) is 5.02 Å². The van der Waals surface area contributed by atoms with Crippen LogP contribution in [0.5, 0.6) is 6.01 Å². The van der Waals surface area contributed by atoms with Crippen molar-refractivity contribution in [2.24, 2.45) is 5.41 Å². The van der Waals surface area contributed by atoms with E-state index in [2.05, 4.69) is 40.3 Å². The summed E-state index contributed by atoms with van der Waals surface area (Å²) in [6.45, 7) is 2.97. The number of nitriles is 1. The minimum absolute atomic E-state index is 0.0798. The summed E-state index contributed by atoms with van der Waals surface area (Å²) in [7, 11) is 4.13. The Morgan fingerprint density at radius 2 is 1.88 bits per heavy atom. The van der Waals surface area contributed by atoms with Gasteiger partial charge in [-0.25, -0.2) is 4.39 Å². The molecule has 9 heteroatoms. The van der Waals surface area contributed by atoms with Crippen LogP contribution in [0.15, 0.2) is 42.5 Å². The van der Waals surface area contributed by atoms with Gasteiger partial charge in [0.15, 0.2) is 5.82 Å². The summed E-state index contributed by atoms with van der Waals surface area (Å²) in [5.41, 5.74) is 1.52. The molecule has 3 heterocycles. The molecule has 210 valence electrons. The van der Waals surface area contributed by atoms with E-state index in [1.165, 1.54) is 0 Å². The molecule has 3 aromatic carbocycles. The largest absolute Gasteiger partial charge is 0.463 e. The number of benzene rings is 3. The fraction of sp³-hybridized carbons (Fsp3) is 0.406. The second kappa shape index (κ2) is 10.1. The predicted molar refractivity (Wildman–Crippen MR) is 160 cm³/mol. The number of rotatable bonds is 7. The van der Waals surface area contributed by atoms with Gasteiger partial charge in [0.2, 0.25) is 0 Å². The van der Waals surface area contributed by atoms with Gasteiger partial charge < -0.3 is 19.9 Å². The molecule has 0 amide bonds. The first-order valence-corrected chi connectivity index (χ1v) is 14.6. The van der Waals surface area contributed by atoms with Gasteiger partial charge >= 0.3 is 6.01 Å². The monoisotopic (exact) mass is 570 g/mol. The van der Waals surface area contributed by atoms with Crippen molar-refractivity contribution in [2.45, 2.75) is 37.8 Å². The lowest BCUT2D eigenvalue weighted by molar-refractivity contribution is 0.183. The minimum Gasteiger partial charge on any atom is -0.463 e. The van der Waals surface area contributed by atoms with Crippen molar-refractivity contribution < 1.29 is 9.13 Å². The molecular weight excluding hydrogens is 539 g/mol. The van der Waals surface area contributed by atoms with E-state index in [9.17, 15) is 5.26 Å². The Kier molecular flexibility index (Phi) is 6.50. The lowest BCUT2D eigenvalue weighted by Gasteiger charge is -2.34. The number of fused-ring (bicyclic) bond motifs is 4. The zero-order valence-electron chi connectivity index (χ0n) is 23.3. The van der Waals surface area contributed by atoms with E-state index in [0.717, 1.165) is 50.7 Å². The molecule has 7 rings (SSSR count). The fourth-order valence-corrected chi connectivity index (χ4v) is 7.03. The molecule has 2 aliphatic heterocycles. The van der Waals surface area contributed by atoms with Crippen LogP contribution in [0, 0.1) is 22.6 Å². The Morgan fingerprint density at radius 3 is 2.56 bits per heavy atom. The van der Waals surface area contributed by atoms with Crippen LogP contribution < -0.4 is 15.0 Å². The Balaban J connectivity index is 1.39. The number of halogens is 2. The van der Waals surface area contributed by atoms with Crippen LogP contribution in [0.4, 0.5) is 10.2 Å². The second-order valence-corrected chi connectivity index (χ2v) is 12.6. The molecule has 1 aliphatic carbocycles. The molecule has 0 radical (unpaired) electrons. The van der Waals surface area contributed by atoms with Gasteiger partial charge in [0.1, 0.15) is 11.3 Å². The standard InChI is InChI=1S/C32H32ClFN6O/c1-39(2)17-32(11-12-32)18-41-31-37-29-24(30(38-31)40-15-21-9-10-22(16-40)36-21)13-25(33)27(28(29)34)23-8-4-6-19-5-3-7-20(14-35)26(19)23/h3-8,13,21-22,36H,9-12,15-18H2,1-2H3/t21-,22+. The van der Waals surface area contributed by atoms with E-state index in [4.69, 9.17) is 21.3 Å². The first-order valence-electron chi connectivity index (χ1n) is 14.2. The highest BCUT2D eigenvalue weighted by atomic mass is 35.5. The Morgan fingerprint density at radius 1 is 1.15 bits per heavy atom. The fourth-order valence-electron chi connectivity index (χ4n) is 6.74. The first kappa shape index (κ1) is 26.4. The molecule has 0 unspecified atom stereocenters. The molecule has 7 nitrogen and oxygen atoms in total. The van der Waals surface area contributed by atoms with Crippen LogP contribution in [0.1, 0.15) is 31.2 Å². The van der Waals surface area contributed by atoms with E-state index in [1.807, 2.05) is 30.3 Å². The number of piperazine rings is 1. The molecule has 4 aromatic rings. The maximum Gasteiger partial charge on any atom is 0.319 e. The van der Waals surface area contributed by atoms with Crippen LogP contribution in [-0.4, -0.2) is 67.3 Å². The highest BCUT2D eigenvalue weighted by Crippen LogP contribution is 2.47. The van der Waals surface area contributed by atoms with Crippen molar-refractivity contribution in [1.29, 1.82) is 5.26 Å². The molecule has 1 aromatic heterocycles. The maximum absolute atomic E-state index is 16.8. The van der Waals surface area contributed by atoms with Gasteiger partial charge in [-0.15, -0.1) is 0 Å². The number of anilines is 1. The number of ether oxygens (including phenoxy) is 1. The van der Waals surface area contributed by atoms with Gasteiger partial charge in [0.25, 0.3) is 0 Å². The molecule has 2 bridgehead atoms. The van der Waals surface area contributed by atoms with E-state index >= 15 is 4.39 Å². The Labute approximate surface area is 243 Å². The van der Waals surface area contributed by atoms with Crippen LogP contribution in [-0.2, 0) is 0 Å². The second-order valence-electron chi connectivity index (χ2n) is 12.2. The van der Waals surface area contributed by atoms with Crippen molar-refractivity contribution in [2.75, 3.05) is 45.2 Å². The normalized spacial score (nSPS) is 21.0. The third-order valence-electron chi connectivity index (χ3n) is 8.77. The van der Waals surface area contributed by atoms with Crippen molar-refractivity contribution in [3.05, 3.63) is 58.9 Å². The van der Waals surface area contributed by atoms with Crippen LogP contribution >= 0.6 is 11.6 Å². The molecule has 1 N–H and O–H groups in total. The molecule has 3 aliphatic rings. The van der Waals surface area contributed by atoms with Crippen molar-refractivity contribution in [3.8, 4) is 23.2 Å². The number of aromatic nitrogens is 2. The van der Waals surface area contributed by atoms with Gasteiger partial charge in [0, 0.05) is 53.5 Å². The molecule has 2 atom stereocenters. The van der Waals surface area contributed by atoms with Crippen LogP contribution in [0.3, 0.4) is 0 Å². The maximum atomic E-state index is 16.8. The quantitative estimate of drug-likeness (QED) is 0.302. The summed E-state index contributed by atoms with van der Waals surface area (Å²) in [4.78, 5) is 13.9. The summed E-state index contributed by atoms with van der Waals surface area (Å²) >= 11 is 6.89. The lowest BCUT2D eigenvalue weighted by atomic mass is 9.94. The molecule has 41 heavy (non-hydrogen) atoms. The third kappa shape index (κ3) is 4.76. The van der Waals surface area contributed by atoms with E-state index in [1.54, 1.807) is 12.1 Å². The average molecular weight is 571 g/mol. The van der Waals surface area contributed by atoms with Gasteiger partial charge in [-0.3, -0.25) is 0 Å². The van der Waals surface area contributed by atoms with E-state index in [-0.39, 0.29) is 27.5 Å². The van der Waals surface area contributed by atoms with Crippen molar-refractivity contribution in [3.63, 3.8) is 0 Å². The number of hydrogen-bond donors (Lipinski definition) is 1. The first-order chi connectivity index (χ1) is 19.8. The van der Waals surface area contributed by atoms with Crippen molar-refractivity contribution in [1.82, 2.24) is 20.2 Å². The summed E-state index contributed by atoms with van der Waals surface area (Å²) in [5, 5.41) is 15.8. The highest BCUT2D eigenvalue weighted by Gasteiger charge is 2.44. The summed E-state index contributed by atoms with van der Waals surface area (Å²) in [5.74, 6) is 0.123. The summed E-state index contributed by atoms with van der Waals surface area (Å²) in [6, 6.07) is 16.0. The van der Waals surface area contributed by atoms with E-state index in [0.29, 0.717) is 46.4 Å². The van der Waals surface area contributed by atoms with Gasteiger partial charge in [-0.1, -0.05) is 41.9 Å². The lowest BCUT2D eigenvalue weighted by Crippen LogP contribution is -2.51. The smallest absolute Gasteiger partial charge is 0.319 e. The minimum atomic E-state index is -0.534. The number of nitrogens with zero attached hydrogens (tertiary/aromatic N) is 5. The topological polar surface area (TPSA) is 77.3 Å². The van der Waals surface area contributed by atoms with Gasteiger partial charge in [-0.2, -0.15) is 15.2 Å². The molecule has 1 saturated carbocycles. The Bertz CT molecular complexity index is 1700. The zero-order chi connectivity index (χ0) is 28.3. The van der Waals surface area contributed by atoms with Crippen molar-refractivity contribution >= 4 is 39.1 Å². The number of nitrogens with one attached hydrogen (secondary N) is 1. The van der Waals surface area contributed by atoms with E-state index < -0.39 is 5.82 Å². The molecular formula is C32H32ClFN6O. The molecule has 3 fully saturated rings. The SMILES string of the molecule is CN(C)CC1(COc2nc(N3C[C@H]4CC[C@@H](C3)N4)c3cc(Cl)c(-c4cccc5cccc(C#N)c45)c(F)c3n2)CC1. The molecule has 2 saturated heterocycles. The predicted octanol–water partition coefficient (Wildman–Crippen LogP) is 5.78. The van der Waals surface area contributed by atoms with Crippen LogP contribution in [0.25, 0.3) is 32.8 Å². The Hall–Kier alpha value is -3.51.